The van der Waals surface area contributed by atoms with E-state index in [0.29, 0.717) is 23.3 Å². The molecule has 1 saturated heterocycles. The van der Waals surface area contributed by atoms with Gasteiger partial charge in [0.05, 0.1) is 3.79 Å². The normalized spacial score (nSPS) is 23.4. The standard InChI is InChI=1S/C13H19BrN2O2S2/c14-12-5-6-13(19-12)20(17,18)16-9-7-15(8-10-16)11-3-1-2-4-11/h5-6,11H,1-4,7-10H2. The van der Waals surface area contributed by atoms with Crippen LogP contribution in [-0.4, -0.2) is 49.8 Å². The van der Waals surface area contributed by atoms with Crippen LogP contribution in [0.3, 0.4) is 0 Å². The predicted octanol–water partition coefficient (Wildman–Crippen LogP) is 2.76. The highest BCUT2D eigenvalue weighted by Gasteiger charge is 2.32. The van der Waals surface area contributed by atoms with E-state index < -0.39 is 10.0 Å². The Hall–Kier alpha value is 0.0500. The van der Waals surface area contributed by atoms with E-state index in [9.17, 15) is 8.42 Å². The summed E-state index contributed by atoms with van der Waals surface area (Å²) in [5, 5.41) is 0. The largest absolute Gasteiger partial charge is 0.298 e. The minimum absolute atomic E-state index is 0.443. The first-order valence-electron chi connectivity index (χ1n) is 7.07. The zero-order chi connectivity index (χ0) is 14.2. The van der Waals surface area contributed by atoms with Crippen LogP contribution in [0.15, 0.2) is 20.1 Å². The van der Waals surface area contributed by atoms with Crippen molar-refractivity contribution in [2.45, 2.75) is 35.9 Å². The van der Waals surface area contributed by atoms with Crippen LogP contribution in [-0.2, 0) is 10.0 Å². The Labute approximate surface area is 132 Å². The van der Waals surface area contributed by atoms with Crippen LogP contribution in [0.2, 0.25) is 0 Å². The molecule has 4 nitrogen and oxygen atoms in total. The Kier molecular flexibility index (Phi) is 4.52. The van der Waals surface area contributed by atoms with Gasteiger partial charge in [-0.3, -0.25) is 4.90 Å². The van der Waals surface area contributed by atoms with Gasteiger partial charge >= 0.3 is 0 Å². The van der Waals surface area contributed by atoms with Crippen molar-refractivity contribution in [3.8, 4) is 0 Å². The second kappa shape index (κ2) is 6.04. The number of halogens is 1. The number of thiophene rings is 1. The van der Waals surface area contributed by atoms with E-state index in [1.165, 1.54) is 37.0 Å². The summed E-state index contributed by atoms with van der Waals surface area (Å²) in [6, 6.07) is 4.18. The van der Waals surface area contributed by atoms with Gasteiger partial charge in [-0.15, -0.1) is 11.3 Å². The molecule has 0 radical (unpaired) electrons. The first kappa shape index (κ1) is 15.0. The number of sulfonamides is 1. The van der Waals surface area contributed by atoms with Crippen LogP contribution < -0.4 is 0 Å². The lowest BCUT2D eigenvalue weighted by atomic mass is 10.2. The van der Waals surface area contributed by atoms with Gasteiger partial charge in [-0.1, -0.05) is 12.8 Å². The van der Waals surface area contributed by atoms with Gasteiger partial charge in [-0.2, -0.15) is 4.31 Å². The second-order valence-electron chi connectivity index (χ2n) is 5.44. The van der Waals surface area contributed by atoms with E-state index in [1.807, 2.05) is 0 Å². The maximum atomic E-state index is 12.5. The van der Waals surface area contributed by atoms with Gasteiger partial charge in [0.25, 0.3) is 10.0 Å². The summed E-state index contributed by atoms with van der Waals surface area (Å²) in [4.78, 5) is 2.48. The van der Waals surface area contributed by atoms with E-state index in [-0.39, 0.29) is 0 Å². The number of rotatable bonds is 3. The highest BCUT2D eigenvalue weighted by atomic mass is 79.9. The van der Waals surface area contributed by atoms with Gasteiger partial charge in [0.1, 0.15) is 4.21 Å². The molecule has 0 spiro atoms. The minimum atomic E-state index is -3.29. The molecule has 1 saturated carbocycles. The molecule has 0 bridgehead atoms. The van der Waals surface area contributed by atoms with Crippen molar-refractivity contribution < 1.29 is 8.42 Å². The summed E-state index contributed by atoms with van der Waals surface area (Å²) < 4.78 is 28.0. The van der Waals surface area contributed by atoms with Gasteiger partial charge in [-0.05, 0) is 40.9 Å². The SMILES string of the molecule is O=S(=O)(c1ccc(Br)s1)N1CCN(C2CCCC2)CC1. The molecule has 0 aromatic carbocycles. The lowest BCUT2D eigenvalue weighted by Crippen LogP contribution is -2.51. The molecule has 7 heteroatoms. The lowest BCUT2D eigenvalue weighted by Gasteiger charge is -2.37. The molecule has 1 aromatic rings. The van der Waals surface area contributed by atoms with Crippen LogP contribution in [0.1, 0.15) is 25.7 Å². The molecule has 2 aliphatic rings. The van der Waals surface area contributed by atoms with Gasteiger partial charge < -0.3 is 0 Å². The number of hydrogen-bond donors (Lipinski definition) is 0. The summed E-state index contributed by atoms with van der Waals surface area (Å²) in [7, 11) is -3.29. The average Bonchev–Trinajstić information content (AvgIpc) is 3.10. The Bertz CT molecular complexity index is 559. The van der Waals surface area contributed by atoms with Crippen molar-refractivity contribution in [1.29, 1.82) is 0 Å². The molecule has 2 heterocycles. The van der Waals surface area contributed by atoms with Gasteiger partial charge in [0, 0.05) is 32.2 Å². The third-order valence-electron chi connectivity index (χ3n) is 4.26. The van der Waals surface area contributed by atoms with Crippen LogP contribution in [0.25, 0.3) is 0 Å². The molecule has 1 aliphatic heterocycles. The van der Waals surface area contributed by atoms with Crippen molar-refractivity contribution in [2.24, 2.45) is 0 Å². The Balaban J connectivity index is 1.65. The van der Waals surface area contributed by atoms with E-state index in [4.69, 9.17) is 0 Å². The Morgan fingerprint density at radius 3 is 2.30 bits per heavy atom. The van der Waals surface area contributed by atoms with Crippen molar-refractivity contribution in [1.82, 2.24) is 9.21 Å². The third-order valence-corrected chi connectivity index (χ3v) is 8.25. The highest BCUT2D eigenvalue weighted by Crippen LogP contribution is 2.30. The Morgan fingerprint density at radius 1 is 1.10 bits per heavy atom. The van der Waals surface area contributed by atoms with Crippen LogP contribution >= 0.6 is 27.3 Å². The molecule has 112 valence electrons. The summed E-state index contributed by atoms with van der Waals surface area (Å²) in [6.45, 7) is 2.98. The van der Waals surface area contributed by atoms with Crippen LogP contribution in [0, 0.1) is 0 Å². The molecule has 0 amide bonds. The quantitative estimate of drug-likeness (QED) is 0.811. The molecule has 0 atom stereocenters. The van der Waals surface area contributed by atoms with Crippen molar-refractivity contribution in [2.75, 3.05) is 26.2 Å². The molecule has 20 heavy (non-hydrogen) atoms. The van der Waals surface area contributed by atoms with Gasteiger partial charge in [0.2, 0.25) is 0 Å². The molecule has 1 aliphatic carbocycles. The molecule has 2 fully saturated rings. The predicted molar refractivity (Wildman–Crippen MR) is 84.6 cm³/mol. The number of hydrogen-bond acceptors (Lipinski definition) is 4. The smallest absolute Gasteiger partial charge is 0.252 e. The fourth-order valence-electron chi connectivity index (χ4n) is 3.14. The average molecular weight is 379 g/mol. The molecular weight excluding hydrogens is 360 g/mol. The van der Waals surface area contributed by atoms with E-state index in [2.05, 4.69) is 20.8 Å². The topological polar surface area (TPSA) is 40.6 Å². The highest BCUT2D eigenvalue weighted by molar-refractivity contribution is 9.11. The fraction of sp³-hybridized carbons (Fsp3) is 0.692. The summed E-state index contributed by atoms with van der Waals surface area (Å²) in [6.07, 6.45) is 5.22. The molecule has 0 N–H and O–H groups in total. The zero-order valence-corrected chi connectivity index (χ0v) is 14.5. The first-order valence-corrected chi connectivity index (χ1v) is 10.1. The van der Waals surface area contributed by atoms with Gasteiger partial charge in [-0.25, -0.2) is 8.42 Å². The number of nitrogens with zero attached hydrogens (tertiary/aromatic N) is 2. The second-order valence-corrected chi connectivity index (χ2v) is 10.1. The molecule has 0 unspecified atom stereocenters. The monoisotopic (exact) mass is 378 g/mol. The maximum Gasteiger partial charge on any atom is 0.252 e. The van der Waals surface area contributed by atoms with E-state index in [0.717, 1.165) is 16.9 Å². The van der Waals surface area contributed by atoms with Crippen LogP contribution in [0.4, 0.5) is 0 Å². The number of piperazine rings is 1. The summed E-state index contributed by atoms with van der Waals surface area (Å²) >= 11 is 4.62. The third kappa shape index (κ3) is 2.97. The Morgan fingerprint density at radius 2 is 1.75 bits per heavy atom. The minimum Gasteiger partial charge on any atom is -0.298 e. The van der Waals surface area contributed by atoms with Crippen molar-refractivity contribution in [3.05, 3.63) is 15.9 Å². The molecule has 1 aromatic heterocycles. The summed E-state index contributed by atoms with van der Waals surface area (Å²) in [5.41, 5.74) is 0. The van der Waals surface area contributed by atoms with Crippen LogP contribution in [0.5, 0.6) is 0 Å². The fourth-order valence-corrected chi connectivity index (χ4v) is 6.73. The van der Waals surface area contributed by atoms with E-state index in [1.54, 1.807) is 16.4 Å². The maximum absolute atomic E-state index is 12.5. The van der Waals surface area contributed by atoms with Crippen molar-refractivity contribution >= 4 is 37.3 Å². The summed E-state index contributed by atoms with van der Waals surface area (Å²) in [5.74, 6) is 0. The van der Waals surface area contributed by atoms with Crippen molar-refractivity contribution in [3.63, 3.8) is 0 Å². The zero-order valence-electron chi connectivity index (χ0n) is 11.3. The molecular formula is C13H19BrN2O2S2. The first-order chi connectivity index (χ1) is 9.57. The van der Waals surface area contributed by atoms with E-state index >= 15 is 0 Å². The molecule has 3 rings (SSSR count). The van der Waals surface area contributed by atoms with Gasteiger partial charge in [0.15, 0.2) is 0 Å². The lowest BCUT2D eigenvalue weighted by molar-refractivity contribution is 0.139.